The van der Waals surface area contributed by atoms with E-state index in [4.69, 9.17) is 21.7 Å². The van der Waals surface area contributed by atoms with Crippen molar-refractivity contribution in [3.05, 3.63) is 18.2 Å². The summed E-state index contributed by atoms with van der Waals surface area (Å²) in [4.78, 5) is 65.5. The van der Waals surface area contributed by atoms with Gasteiger partial charge < -0.3 is 47.7 Å². The summed E-state index contributed by atoms with van der Waals surface area (Å²) >= 11 is 0. The number of hydrogen-bond donors (Lipinski definition) is 9. The average Bonchev–Trinajstić information content (AvgIpc) is 3.22. The van der Waals surface area contributed by atoms with Crippen LogP contribution < -0.4 is 27.4 Å². The minimum absolute atomic E-state index is 0.102. The van der Waals surface area contributed by atoms with Crippen molar-refractivity contribution in [2.24, 2.45) is 11.5 Å². The van der Waals surface area contributed by atoms with E-state index >= 15 is 0 Å². The Hall–Kier alpha value is -3.56. The van der Waals surface area contributed by atoms with Crippen molar-refractivity contribution in [3.8, 4) is 0 Å². The molecular weight excluding hydrogens is 418 g/mol. The highest BCUT2D eigenvalue weighted by atomic mass is 16.4. The number of imidazole rings is 1. The minimum Gasteiger partial charge on any atom is -0.480 e. The minimum atomic E-state index is -1.67. The van der Waals surface area contributed by atoms with Crippen LogP contribution in [0.1, 0.15) is 12.1 Å². The summed E-state index contributed by atoms with van der Waals surface area (Å²) in [7, 11) is 0. The normalized spacial score (nSPS) is 14.5. The molecule has 0 radical (unpaired) electrons. The van der Waals surface area contributed by atoms with Gasteiger partial charge in [0.25, 0.3) is 0 Å². The smallest absolute Gasteiger partial charge is 0.326 e. The van der Waals surface area contributed by atoms with E-state index in [2.05, 4.69) is 20.6 Å². The van der Waals surface area contributed by atoms with E-state index in [1.807, 2.05) is 5.32 Å². The van der Waals surface area contributed by atoms with E-state index in [0.717, 1.165) is 0 Å². The Balaban J connectivity index is 2.91. The first-order valence-corrected chi connectivity index (χ1v) is 8.95. The standard InChI is InChI=1S/C16H25N7O8/c17-8(4-24)13(27)21-9(1-7-3-19-6-20-7)14(28)23-11(5-25)15(29)22-10(16(30)31)2-12(18)26/h3,6,8-11,24-25H,1-2,4-5,17H2,(H2,18,26)(H,19,20)(H,21,27)(H,22,29)(H,23,28)(H,30,31). The number of amides is 4. The van der Waals surface area contributed by atoms with Crippen LogP contribution in [0.15, 0.2) is 12.5 Å². The van der Waals surface area contributed by atoms with Crippen molar-refractivity contribution in [2.45, 2.75) is 37.0 Å². The molecule has 15 nitrogen and oxygen atoms in total. The van der Waals surface area contributed by atoms with Gasteiger partial charge in [-0.2, -0.15) is 0 Å². The van der Waals surface area contributed by atoms with E-state index in [9.17, 15) is 29.1 Å². The van der Waals surface area contributed by atoms with Crippen LogP contribution in [-0.2, 0) is 30.4 Å². The molecule has 4 unspecified atom stereocenters. The zero-order valence-electron chi connectivity index (χ0n) is 16.3. The van der Waals surface area contributed by atoms with Gasteiger partial charge in [-0.15, -0.1) is 0 Å². The second kappa shape index (κ2) is 12.2. The first-order chi connectivity index (χ1) is 14.6. The van der Waals surface area contributed by atoms with Crippen LogP contribution in [0.4, 0.5) is 0 Å². The topological polar surface area (TPSA) is 263 Å². The Morgan fingerprint density at radius 2 is 1.55 bits per heavy atom. The molecule has 172 valence electrons. The molecule has 0 bridgehead atoms. The van der Waals surface area contributed by atoms with Crippen LogP contribution in [-0.4, -0.2) is 92.3 Å². The van der Waals surface area contributed by atoms with Gasteiger partial charge in [0.15, 0.2) is 0 Å². The van der Waals surface area contributed by atoms with Crippen molar-refractivity contribution in [2.75, 3.05) is 13.2 Å². The molecule has 0 spiro atoms. The fourth-order valence-electron chi connectivity index (χ4n) is 2.33. The van der Waals surface area contributed by atoms with Crippen molar-refractivity contribution in [3.63, 3.8) is 0 Å². The summed E-state index contributed by atoms with van der Waals surface area (Å²) in [6.45, 7) is -1.59. The van der Waals surface area contributed by atoms with Crippen molar-refractivity contribution in [1.29, 1.82) is 0 Å². The number of aromatic nitrogens is 2. The molecule has 0 saturated carbocycles. The van der Waals surface area contributed by atoms with Crippen LogP contribution in [0.2, 0.25) is 0 Å². The molecular formula is C16H25N7O8. The largest absolute Gasteiger partial charge is 0.480 e. The molecule has 15 heteroatoms. The zero-order valence-corrected chi connectivity index (χ0v) is 16.3. The van der Waals surface area contributed by atoms with Crippen LogP contribution in [0.5, 0.6) is 0 Å². The Morgan fingerprint density at radius 1 is 0.968 bits per heavy atom. The van der Waals surface area contributed by atoms with Gasteiger partial charge in [-0.05, 0) is 0 Å². The van der Waals surface area contributed by atoms with Crippen LogP contribution in [0, 0.1) is 0 Å². The van der Waals surface area contributed by atoms with E-state index in [-0.39, 0.29) is 6.42 Å². The number of aliphatic hydroxyl groups is 2. The summed E-state index contributed by atoms with van der Waals surface area (Å²) in [6, 6.07) is -5.86. The number of nitrogens with one attached hydrogen (secondary N) is 4. The second-order valence-electron chi connectivity index (χ2n) is 6.44. The summed E-state index contributed by atoms with van der Waals surface area (Å²) in [5.74, 6) is -5.39. The number of carboxylic acid groups (broad SMARTS) is 1. The molecule has 0 aliphatic carbocycles. The number of rotatable bonds is 13. The molecule has 0 saturated heterocycles. The molecule has 4 amide bonds. The molecule has 0 fully saturated rings. The lowest BCUT2D eigenvalue weighted by Crippen LogP contribution is -2.59. The quantitative estimate of drug-likeness (QED) is 0.140. The molecule has 11 N–H and O–H groups in total. The zero-order chi connectivity index (χ0) is 23.6. The van der Waals surface area contributed by atoms with E-state index in [1.165, 1.54) is 12.5 Å². The number of H-pyrrole nitrogens is 1. The number of aromatic amines is 1. The first-order valence-electron chi connectivity index (χ1n) is 8.95. The Morgan fingerprint density at radius 3 is 2.03 bits per heavy atom. The molecule has 1 rings (SSSR count). The number of carbonyl (C=O) groups excluding carboxylic acids is 4. The number of carboxylic acids is 1. The fourth-order valence-corrected chi connectivity index (χ4v) is 2.33. The maximum Gasteiger partial charge on any atom is 0.326 e. The number of primary amides is 1. The molecule has 0 aliphatic rings. The van der Waals surface area contributed by atoms with Crippen molar-refractivity contribution in [1.82, 2.24) is 25.9 Å². The SMILES string of the molecule is NC(=O)CC(NC(=O)C(CO)NC(=O)C(Cc1cnc[nH]1)NC(=O)C(N)CO)C(=O)O. The number of carbonyl (C=O) groups is 5. The lowest BCUT2D eigenvalue weighted by atomic mass is 10.1. The lowest BCUT2D eigenvalue weighted by Gasteiger charge is -2.23. The Labute approximate surface area is 175 Å². The van der Waals surface area contributed by atoms with Crippen LogP contribution >= 0.6 is 0 Å². The molecule has 0 aliphatic heterocycles. The summed E-state index contributed by atoms with van der Waals surface area (Å²) in [6.07, 6.45) is 1.91. The number of hydrogen-bond acceptors (Lipinski definition) is 9. The van der Waals surface area contributed by atoms with E-state index in [0.29, 0.717) is 5.69 Å². The number of aliphatic hydroxyl groups excluding tert-OH is 2. The van der Waals surface area contributed by atoms with Gasteiger partial charge >= 0.3 is 5.97 Å². The third-order valence-electron chi connectivity index (χ3n) is 3.98. The van der Waals surface area contributed by atoms with Crippen LogP contribution in [0.3, 0.4) is 0 Å². The first kappa shape index (κ1) is 25.5. The average molecular weight is 443 g/mol. The number of aliphatic carboxylic acids is 1. The van der Waals surface area contributed by atoms with Gasteiger partial charge in [0.1, 0.15) is 24.2 Å². The summed E-state index contributed by atoms with van der Waals surface area (Å²) in [5, 5.41) is 34.0. The van der Waals surface area contributed by atoms with Gasteiger partial charge in [-0.3, -0.25) is 19.2 Å². The number of nitrogens with zero attached hydrogens (tertiary/aromatic N) is 1. The molecule has 31 heavy (non-hydrogen) atoms. The van der Waals surface area contributed by atoms with Crippen molar-refractivity contribution >= 4 is 29.6 Å². The van der Waals surface area contributed by atoms with Gasteiger partial charge in [0, 0.05) is 18.3 Å². The predicted molar refractivity (Wildman–Crippen MR) is 102 cm³/mol. The molecule has 1 heterocycles. The third-order valence-corrected chi connectivity index (χ3v) is 3.98. The fraction of sp³-hybridized carbons (Fsp3) is 0.500. The number of nitrogens with two attached hydrogens (primary N) is 2. The maximum atomic E-state index is 12.6. The van der Waals surface area contributed by atoms with Crippen molar-refractivity contribution < 1.29 is 39.3 Å². The molecule has 1 aromatic rings. The van der Waals surface area contributed by atoms with E-state index < -0.39 is 73.4 Å². The molecule has 1 aromatic heterocycles. The van der Waals surface area contributed by atoms with Gasteiger partial charge in [0.05, 0.1) is 26.0 Å². The monoisotopic (exact) mass is 443 g/mol. The Kier molecular flexibility index (Phi) is 10.0. The third kappa shape index (κ3) is 8.37. The predicted octanol–water partition coefficient (Wildman–Crippen LogP) is -5.32. The van der Waals surface area contributed by atoms with Gasteiger partial charge in [-0.25, -0.2) is 9.78 Å². The highest BCUT2D eigenvalue weighted by Crippen LogP contribution is 2.01. The highest BCUT2D eigenvalue weighted by Gasteiger charge is 2.30. The second-order valence-corrected chi connectivity index (χ2v) is 6.44. The lowest BCUT2D eigenvalue weighted by molar-refractivity contribution is -0.144. The maximum absolute atomic E-state index is 12.6. The summed E-state index contributed by atoms with van der Waals surface area (Å²) in [5.41, 5.74) is 10.8. The Bertz CT molecular complexity index is 785. The summed E-state index contributed by atoms with van der Waals surface area (Å²) < 4.78 is 0. The van der Waals surface area contributed by atoms with Gasteiger partial charge in [0.2, 0.25) is 23.6 Å². The molecule has 4 atom stereocenters. The van der Waals surface area contributed by atoms with Gasteiger partial charge in [-0.1, -0.05) is 0 Å². The van der Waals surface area contributed by atoms with Crippen LogP contribution in [0.25, 0.3) is 0 Å². The van der Waals surface area contributed by atoms with E-state index in [1.54, 1.807) is 0 Å². The highest BCUT2D eigenvalue weighted by molar-refractivity contribution is 5.95. The molecule has 0 aromatic carbocycles.